The van der Waals surface area contributed by atoms with E-state index in [1.165, 1.54) is 4.68 Å². The lowest BCUT2D eigenvalue weighted by Crippen LogP contribution is -2.23. The fourth-order valence-electron chi connectivity index (χ4n) is 2.67. The number of tetrazole rings is 1. The van der Waals surface area contributed by atoms with Gasteiger partial charge in [0.15, 0.2) is 0 Å². The van der Waals surface area contributed by atoms with Crippen LogP contribution >= 0.6 is 11.6 Å². The summed E-state index contributed by atoms with van der Waals surface area (Å²) in [4.78, 5) is 12.2. The highest BCUT2D eigenvalue weighted by molar-refractivity contribution is 6.31. The van der Waals surface area contributed by atoms with Gasteiger partial charge in [0.2, 0.25) is 0 Å². The molecular weight excluding hydrogens is 356 g/mol. The molecule has 0 N–H and O–H groups in total. The van der Waals surface area contributed by atoms with Gasteiger partial charge in [-0.2, -0.15) is 9.36 Å². The van der Waals surface area contributed by atoms with Crippen LogP contribution in [0.15, 0.2) is 35.1 Å². The number of aryl methyl sites for hydroxylation is 3. The molecule has 0 bridgehead atoms. The van der Waals surface area contributed by atoms with Crippen molar-refractivity contribution >= 4 is 11.6 Å². The lowest BCUT2D eigenvalue weighted by Gasteiger charge is -2.15. The smallest absolute Gasteiger partial charge is 0.368 e. The molecule has 3 aromatic rings. The molecule has 0 aliphatic carbocycles. The predicted molar refractivity (Wildman–Crippen MR) is 98.4 cm³/mol. The zero-order chi connectivity index (χ0) is 18.8. The number of ether oxygens (including phenoxy) is 2. The van der Waals surface area contributed by atoms with Crippen molar-refractivity contribution in [2.24, 2.45) is 7.05 Å². The second-order valence-electron chi connectivity index (χ2n) is 5.91. The van der Waals surface area contributed by atoms with Crippen LogP contribution in [0.4, 0.5) is 0 Å². The largest absolute Gasteiger partial charge is 0.496 e. The molecule has 1 aromatic heterocycles. The van der Waals surface area contributed by atoms with Gasteiger partial charge in [-0.1, -0.05) is 23.7 Å². The Bertz CT molecular complexity index is 1010. The maximum atomic E-state index is 12.2. The van der Waals surface area contributed by atoms with E-state index in [1.807, 2.05) is 19.9 Å². The van der Waals surface area contributed by atoms with E-state index in [2.05, 4.69) is 10.4 Å². The van der Waals surface area contributed by atoms with E-state index in [0.717, 1.165) is 15.8 Å². The molecule has 0 aliphatic heterocycles. The molecule has 0 atom stereocenters. The van der Waals surface area contributed by atoms with Crippen molar-refractivity contribution in [2.45, 2.75) is 20.5 Å². The molecule has 0 fully saturated rings. The van der Waals surface area contributed by atoms with Crippen LogP contribution in [0.5, 0.6) is 11.5 Å². The Hall–Kier alpha value is -2.80. The summed E-state index contributed by atoms with van der Waals surface area (Å²) >= 11 is 6.21. The fraction of sp³-hybridized carbons (Fsp3) is 0.278. The van der Waals surface area contributed by atoms with E-state index in [-0.39, 0.29) is 12.3 Å². The van der Waals surface area contributed by atoms with Crippen LogP contribution in [0.2, 0.25) is 5.02 Å². The van der Waals surface area contributed by atoms with E-state index in [9.17, 15) is 4.79 Å². The Morgan fingerprint density at radius 2 is 1.88 bits per heavy atom. The summed E-state index contributed by atoms with van der Waals surface area (Å²) in [6, 6.07) is 9.11. The number of nitrogens with zero attached hydrogens (tertiary/aromatic N) is 4. The molecule has 0 unspecified atom stereocenters. The first-order chi connectivity index (χ1) is 12.4. The molecule has 8 heteroatoms. The van der Waals surface area contributed by atoms with E-state index in [0.29, 0.717) is 27.8 Å². The number of hydrogen-bond acceptors (Lipinski definition) is 5. The zero-order valence-electron chi connectivity index (χ0n) is 15.0. The van der Waals surface area contributed by atoms with Crippen LogP contribution in [0.1, 0.15) is 16.7 Å². The normalized spacial score (nSPS) is 10.8. The van der Waals surface area contributed by atoms with Crippen molar-refractivity contribution < 1.29 is 9.47 Å². The minimum atomic E-state index is -0.353. The Kier molecular flexibility index (Phi) is 4.99. The first kappa shape index (κ1) is 18.0. The number of aromatic nitrogens is 4. The van der Waals surface area contributed by atoms with Gasteiger partial charge in [-0.3, -0.25) is 0 Å². The second kappa shape index (κ2) is 7.21. The molecule has 0 amide bonds. The van der Waals surface area contributed by atoms with E-state index in [4.69, 9.17) is 21.1 Å². The van der Waals surface area contributed by atoms with Crippen molar-refractivity contribution in [3.05, 3.63) is 62.5 Å². The van der Waals surface area contributed by atoms with Gasteiger partial charge in [0.05, 0.1) is 18.4 Å². The third-order valence-corrected chi connectivity index (χ3v) is 4.51. The first-order valence-electron chi connectivity index (χ1n) is 7.97. The van der Waals surface area contributed by atoms with Gasteiger partial charge in [0, 0.05) is 12.1 Å². The topological polar surface area (TPSA) is 71.2 Å². The van der Waals surface area contributed by atoms with E-state index in [1.54, 1.807) is 38.4 Å². The molecular formula is C18H19ClN4O3. The van der Waals surface area contributed by atoms with Crippen molar-refractivity contribution in [1.29, 1.82) is 0 Å². The predicted octanol–water partition coefficient (Wildman–Crippen LogP) is 2.82. The zero-order valence-corrected chi connectivity index (χ0v) is 15.7. The van der Waals surface area contributed by atoms with Crippen molar-refractivity contribution in [1.82, 2.24) is 19.8 Å². The first-order valence-corrected chi connectivity index (χ1v) is 8.35. The molecule has 7 nitrogen and oxygen atoms in total. The van der Waals surface area contributed by atoms with E-state index >= 15 is 0 Å². The molecule has 0 spiro atoms. The average molecular weight is 375 g/mol. The van der Waals surface area contributed by atoms with Crippen molar-refractivity contribution in [3.63, 3.8) is 0 Å². The Morgan fingerprint density at radius 3 is 2.54 bits per heavy atom. The average Bonchev–Trinajstić information content (AvgIpc) is 2.95. The molecule has 26 heavy (non-hydrogen) atoms. The van der Waals surface area contributed by atoms with Gasteiger partial charge in [-0.25, -0.2) is 4.79 Å². The number of rotatable bonds is 5. The minimum Gasteiger partial charge on any atom is -0.496 e. The molecule has 3 rings (SSSR count). The van der Waals surface area contributed by atoms with Crippen LogP contribution in [0.25, 0.3) is 5.69 Å². The summed E-state index contributed by atoms with van der Waals surface area (Å²) in [6.07, 6.45) is 0. The lowest BCUT2D eigenvalue weighted by molar-refractivity contribution is 0.294. The third-order valence-electron chi connectivity index (χ3n) is 4.11. The molecule has 2 aromatic carbocycles. The minimum absolute atomic E-state index is 0.183. The lowest BCUT2D eigenvalue weighted by atomic mass is 10.1. The molecule has 136 valence electrons. The van der Waals surface area contributed by atoms with Crippen LogP contribution < -0.4 is 15.2 Å². The number of methoxy groups -OCH3 is 1. The summed E-state index contributed by atoms with van der Waals surface area (Å²) in [6.45, 7) is 4.08. The summed E-state index contributed by atoms with van der Waals surface area (Å²) in [7, 11) is 3.11. The molecule has 0 saturated heterocycles. The maximum absolute atomic E-state index is 12.2. The van der Waals surface area contributed by atoms with Crippen molar-refractivity contribution in [3.8, 4) is 17.2 Å². The maximum Gasteiger partial charge on any atom is 0.368 e. The van der Waals surface area contributed by atoms with Gasteiger partial charge in [-0.15, -0.1) is 0 Å². The Balaban J connectivity index is 2.01. The number of hydrogen-bond donors (Lipinski definition) is 0. The SMILES string of the molecule is COc1cccc(-n2nnn(C)c2=O)c1COc1cc(Cl)c(C)cc1C. The highest BCUT2D eigenvalue weighted by atomic mass is 35.5. The highest BCUT2D eigenvalue weighted by Gasteiger charge is 2.16. The quantitative estimate of drug-likeness (QED) is 0.686. The summed E-state index contributed by atoms with van der Waals surface area (Å²) in [5.74, 6) is 1.26. The van der Waals surface area contributed by atoms with Crippen LogP contribution in [-0.2, 0) is 13.7 Å². The van der Waals surface area contributed by atoms with Gasteiger partial charge in [0.25, 0.3) is 0 Å². The summed E-state index contributed by atoms with van der Waals surface area (Å²) in [5, 5.41) is 8.30. The van der Waals surface area contributed by atoms with Crippen LogP contribution in [0, 0.1) is 13.8 Å². The van der Waals surface area contributed by atoms with Gasteiger partial charge < -0.3 is 9.47 Å². The third kappa shape index (κ3) is 3.30. The second-order valence-corrected chi connectivity index (χ2v) is 6.32. The van der Waals surface area contributed by atoms with Gasteiger partial charge in [0.1, 0.15) is 18.1 Å². The van der Waals surface area contributed by atoms with Gasteiger partial charge in [-0.05, 0) is 53.6 Å². The molecule has 0 aliphatic rings. The number of halogens is 1. The Morgan fingerprint density at radius 1 is 1.12 bits per heavy atom. The Labute approximate surface area is 155 Å². The molecule has 0 radical (unpaired) electrons. The number of benzene rings is 2. The van der Waals surface area contributed by atoms with Crippen molar-refractivity contribution in [2.75, 3.05) is 7.11 Å². The summed E-state index contributed by atoms with van der Waals surface area (Å²) < 4.78 is 13.8. The monoisotopic (exact) mass is 374 g/mol. The highest BCUT2D eigenvalue weighted by Crippen LogP contribution is 2.30. The van der Waals surface area contributed by atoms with Gasteiger partial charge >= 0.3 is 5.69 Å². The fourth-order valence-corrected chi connectivity index (χ4v) is 2.82. The molecule has 0 saturated carbocycles. The van der Waals surface area contributed by atoms with Crippen LogP contribution in [0.3, 0.4) is 0 Å². The standard InChI is InChI=1S/C18H19ClN4O3/c1-11-8-12(2)17(9-14(11)19)26-10-13-15(6-5-7-16(13)25-4)23-18(24)22(3)20-21-23/h5-9H,10H2,1-4H3. The molecule has 1 heterocycles. The van der Waals surface area contributed by atoms with E-state index < -0.39 is 0 Å². The van der Waals surface area contributed by atoms with Crippen LogP contribution in [-0.4, -0.2) is 26.9 Å². The summed E-state index contributed by atoms with van der Waals surface area (Å²) in [5.41, 5.74) is 2.85.